The smallest absolute Gasteiger partial charge is 0.258 e. The van der Waals surface area contributed by atoms with E-state index in [1.807, 2.05) is 60.5 Å². The zero-order valence-corrected chi connectivity index (χ0v) is 25.4. The van der Waals surface area contributed by atoms with Crippen LogP contribution < -0.4 is 14.2 Å². The molecule has 0 saturated carbocycles. The largest absolute Gasteiger partial charge is 0.497 e. The summed E-state index contributed by atoms with van der Waals surface area (Å²) in [6.07, 6.45) is 3.25. The van der Waals surface area contributed by atoms with Gasteiger partial charge in [-0.2, -0.15) is 0 Å². The first kappa shape index (κ1) is 31.4. The molecule has 0 radical (unpaired) electrons. The van der Waals surface area contributed by atoms with Gasteiger partial charge in [-0.05, 0) is 61.2 Å². The quantitative estimate of drug-likeness (QED) is 0.178. The number of methoxy groups -OCH3 is 3. The van der Waals surface area contributed by atoms with Gasteiger partial charge in [0.15, 0.2) is 0 Å². The molecule has 0 fully saturated rings. The highest BCUT2D eigenvalue weighted by molar-refractivity contribution is 5.99. The van der Waals surface area contributed by atoms with Crippen molar-refractivity contribution in [2.24, 2.45) is 0 Å². The number of carbonyl (C=O) groups excluding carboxylic acids is 2. The van der Waals surface area contributed by atoms with Crippen molar-refractivity contribution in [3.63, 3.8) is 0 Å². The topological polar surface area (TPSA) is 93.3 Å². The zero-order valence-electron chi connectivity index (χ0n) is 25.4. The Hall–Kier alpha value is -4.50. The molecule has 228 valence electrons. The lowest BCUT2D eigenvalue weighted by molar-refractivity contribution is -0.132. The predicted octanol–water partition coefficient (Wildman–Crippen LogP) is 5.33. The summed E-state index contributed by atoms with van der Waals surface area (Å²) in [6.45, 7) is 4.16. The molecule has 9 heteroatoms. The van der Waals surface area contributed by atoms with Gasteiger partial charge < -0.3 is 33.7 Å². The molecule has 4 aromatic rings. The van der Waals surface area contributed by atoms with Crippen LogP contribution in [0, 0.1) is 0 Å². The second-order valence-corrected chi connectivity index (χ2v) is 10.1. The number of fused-ring (bicyclic) bond motifs is 1. The Balaban J connectivity index is 1.58. The second kappa shape index (κ2) is 15.7. The number of aromatic nitrogens is 1. The fourth-order valence-corrected chi connectivity index (χ4v) is 5.02. The van der Waals surface area contributed by atoms with Gasteiger partial charge in [0.2, 0.25) is 5.91 Å². The van der Waals surface area contributed by atoms with Crippen LogP contribution >= 0.6 is 0 Å². The van der Waals surface area contributed by atoms with Crippen LogP contribution in [0.3, 0.4) is 0 Å². The molecule has 0 aliphatic rings. The SMILES string of the molecule is CCOc1ccc(CN(CCc2c[nH]c3ccccc23)C(=O)CN(CCCOC)C(=O)c2ccc(OC)cc2OC)cc1. The number of nitrogens with one attached hydrogen (secondary N) is 1. The van der Waals surface area contributed by atoms with Crippen LogP contribution in [0.2, 0.25) is 0 Å². The fraction of sp³-hybridized carbons (Fsp3) is 0.353. The van der Waals surface area contributed by atoms with E-state index in [0.717, 1.165) is 27.8 Å². The molecule has 1 heterocycles. The number of hydrogen-bond acceptors (Lipinski definition) is 6. The maximum absolute atomic E-state index is 14.0. The number of rotatable bonds is 16. The minimum Gasteiger partial charge on any atom is -0.497 e. The van der Waals surface area contributed by atoms with Gasteiger partial charge in [0.1, 0.15) is 23.8 Å². The molecular weight excluding hydrogens is 546 g/mol. The number of nitrogens with zero attached hydrogens (tertiary/aromatic N) is 2. The number of hydrogen-bond donors (Lipinski definition) is 1. The first-order valence-corrected chi connectivity index (χ1v) is 14.5. The van der Waals surface area contributed by atoms with Crippen LogP contribution in [-0.2, 0) is 22.5 Å². The minimum absolute atomic E-state index is 0.0807. The van der Waals surface area contributed by atoms with Crippen molar-refractivity contribution in [2.45, 2.75) is 26.3 Å². The lowest BCUT2D eigenvalue weighted by Crippen LogP contribution is -2.44. The van der Waals surface area contributed by atoms with Gasteiger partial charge >= 0.3 is 0 Å². The molecule has 0 saturated heterocycles. The van der Waals surface area contributed by atoms with E-state index < -0.39 is 0 Å². The minimum atomic E-state index is -0.290. The molecule has 0 spiro atoms. The van der Waals surface area contributed by atoms with Crippen molar-refractivity contribution in [1.29, 1.82) is 0 Å². The van der Waals surface area contributed by atoms with Gasteiger partial charge in [0.25, 0.3) is 5.91 Å². The third-order valence-corrected chi connectivity index (χ3v) is 7.32. The Kier molecular flexibility index (Phi) is 11.4. The Morgan fingerprint density at radius 1 is 0.860 bits per heavy atom. The van der Waals surface area contributed by atoms with Crippen molar-refractivity contribution < 1.29 is 28.5 Å². The predicted molar refractivity (Wildman–Crippen MR) is 167 cm³/mol. The Labute approximate surface area is 253 Å². The van der Waals surface area contributed by atoms with Gasteiger partial charge in [0, 0.05) is 56.5 Å². The maximum Gasteiger partial charge on any atom is 0.258 e. The number of aromatic amines is 1. The van der Waals surface area contributed by atoms with Crippen molar-refractivity contribution in [3.05, 3.63) is 89.6 Å². The van der Waals surface area contributed by atoms with Gasteiger partial charge in [-0.3, -0.25) is 9.59 Å². The van der Waals surface area contributed by atoms with Crippen molar-refractivity contribution in [2.75, 3.05) is 54.2 Å². The molecule has 0 bridgehead atoms. The number of benzene rings is 3. The zero-order chi connectivity index (χ0) is 30.6. The summed E-state index contributed by atoms with van der Waals surface area (Å²) in [6, 6.07) is 21.0. The summed E-state index contributed by atoms with van der Waals surface area (Å²) in [7, 11) is 4.68. The first-order valence-electron chi connectivity index (χ1n) is 14.5. The molecule has 0 aliphatic heterocycles. The van der Waals surface area contributed by atoms with Gasteiger partial charge in [-0.25, -0.2) is 0 Å². The normalized spacial score (nSPS) is 10.9. The van der Waals surface area contributed by atoms with Crippen molar-refractivity contribution in [1.82, 2.24) is 14.8 Å². The van der Waals surface area contributed by atoms with E-state index in [-0.39, 0.29) is 18.4 Å². The average Bonchev–Trinajstić information content (AvgIpc) is 3.45. The van der Waals surface area contributed by atoms with Crippen LogP contribution in [-0.4, -0.2) is 80.8 Å². The highest BCUT2D eigenvalue weighted by Gasteiger charge is 2.25. The van der Waals surface area contributed by atoms with Crippen LogP contribution in [0.5, 0.6) is 17.2 Å². The summed E-state index contributed by atoms with van der Waals surface area (Å²) >= 11 is 0. The van der Waals surface area contributed by atoms with Gasteiger partial charge in [-0.15, -0.1) is 0 Å². The molecule has 9 nitrogen and oxygen atoms in total. The number of para-hydroxylation sites is 1. The first-order chi connectivity index (χ1) is 21.0. The molecule has 43 heavy (non-hydrogen) atoms. The van der Waals surface area contributed by atoms with Crippen LogP contribution in [0.1, 0.15) is 34.8 Å². The van der Waals surface area contributed by atoms with Gasteiger partial charge in [0.05, 0.1) is 26.4 Å². The van der Waals surface area contributed by atoms with Crippen LogP contribution in [0.4, 0.5) is 0 Å². The second-order valence-electron chi connectivity index (χ2n) is 10.1. The number of carbonyl (C=O) groups is 2. The third-order valence-electron chi connectivity index (χ3n) is 7.32. The number of ether oxygens (including phenoxy) is 4. The lowest BCUT2D eigenvalue weighted by atomic mass is 10.1. The Bertz CT molecular complexity index is 1480. The molecule has 4 rings (SSSR count). The summed E-state index contributed by atoms with van der Waals surface area (Å²) < 4.78 is 21.6. The van der Waals surface area contributed by atoms with Crippen LogP contribution in [0.25, 0.3) is 10.9 Å². The maximum atomic E-state index is 14.0. The molecule has 2 amide bonds. The molecule has 0 unspecified atom stereocenters. The van der Waals surface area contributed by atoms with E-state index in [1.165, 1.54) is 7.11 Å². The molecule has 1 aromatic heterocycles. The monoisotopic (exact) mass is 587 g/mol. The highest BCUT2D eigenvalue weighted by Crippen LogP contribution is 2.26. The average molecular weight is 588 g/mol. The summed E-state index contributed by atoms with van der Waals surface area (Å²) in [5.41, 5.74) is 3.54. The van der Waals surface area contributed by atoms with Crippen molar-refractivity contribution in [3.8, 4) is 17.2 Å². The van der Waals surface area contributed by atoms with E-state index in [2.05, 4.69) is 11.1 Å². The van der Waals surface area contributed by atoms with E-state index in [0.29, 0.717) is 62.8 Å². The number of H-pyrrole nitrogens is 1. The van der Waals surface area contributed by atoms with E-state index in [1.54, 1.807) is 37.3 Å². The summed E-state index contributed by atoms with van der Waals surface area (Å²) in [5, 5.41) is 1.14. The third kappa shape index (κ3) is 8.29. The highest BCUT2D eigenvalue weighted by atomic mass is 16.5. The molecule has 1 N–H and O–H groups in total. The van der Waals surface area contributed by atoms with E-state index >= 15 is 0 Å². The Morgan fingerprint density at radius 3 is 2.35 bits per heavy atom. The van der Waals surface area contributed by atoms with Crippen LogP contribution in [0.15, 0.2) is 72.9 Å². The fourth-order valence-electron chi connectivity index (χ4n) is 5.02. The number of amides is 2. The molecule has 0 aliphatic carbocycles. The summed E-state index contributed by atoms with van der Waals surface area (Å²) in [5.74, 6) is 1.31. The van der Waals surface area contributed by atoms with E-state index in [4.69, 9.17) is 18.9 Å². The Morgan fingerprint density at radius 2 is 1.63 bits per heavy atom. The summed E-state index contributed by atoms with van der Waals surface area (Å²) in [4.78, 5) is 34.5. The van der Waals surface area contributed by atoms with E-state index in [9.17, 15) is 9.59 Å². The molecule has 3 aromatic carbocycles. The lowest BCUT2D eigenvalue weighted by Gasteiger charge is -2.28. The standard InChI is InChI=1S/C34H41N3O6/c1-5-43-27-13-11-25(12-14-27)23-36(19-17-26-22-35-31-10-7-6-9-29(26)31)33(38)24-37(18-8-20-40-2)34(39)30-16-15-28(41-3)21-32(30)42-4/h6-7,9-16,21-22,35H,5,8,17-20,23-24H2,1-4H3. The molecular formula is C34H41N3O6. The van der Waals surface area contributed by atoms with Crippen molar-refractivity contribution >= 4 is 22.7 Å². The van der Waals surface area contributed by atoms with Gasteiger partial charge in [-0.1, -0.05) is 30.3 Å². The molecule has 0 atom stereocenters.